The van der Waals surface area contributed by atoms with Gasteiger partial charge in [-0.25, -0.2) is 0 Å². The molecule has 2 N–H and O–H groups in total. The molecule has 0 saturated carbocycles. The molecule has 7 heteroatoms. The number of aliphatic hydroxyl groups excluding tert-OH is 1. The molecule has 2 aliphatic heterocycles. The van der Waals surface area contributed by atoms with Gasteiger partial charge >= 0.3 is 0 Å². The topological polar surface area (TPSA) is 77.7 Å². The van der Waals surface area contributed by atoms with Crippen molar-refractivity contribution in [1.29, 1.82) is 0 Å². The molecule has 3 rings (SSSR count). The molecule has 100 valence electrons. The molecule has 2 fully saturated rings. The first-order valence-electron chi connectivity index (χ1n) is 6.41. The van der Waals surface area contributed by atoms with Gasteiger partial charge in [-0.1, -0.05) is 0 Å². The Hall–Kier alpha value is -1.18. The van der Waals surface area contributed by atoms with Crippen molar-refractivity contribution in [3.8, 4) is 0 Å². The summed E-state index contributed by atoms with van der Waals surface area (Å²) in [6.45, 7) is 4.48. The van der Waals surface area contributed by atoms with Crippen molar-refractivity contribution >= 4 is 5.95 Å². The minimum Gasteiger partial charge on any atom is -0.392 e. The van der Waals surface area contributed by atoms with Crippen LogP contribution in [-0.4, -0.2) is 66.0 Å². The number of hydrogen-bond donors (Lipinski definition) is 2. The van der Waals surface area contributed by atoms with Crippen molar-refractivity contribution in [3.05, 3.63) is 5.89 Å². The molecule has 0 aliphatic carbocycles. The number of likely N-dealkylation sites (N-methyl/N-ethyl adjacent to an activating group) is 1. The van der Waals surface area contributed by atoms with Gasteiger partial charge in [0.2, 0.25) is 5.89 Å². The maximum atomic E-state index is 9.48. The zero-order chi connectivity index (χ0) is 12.5. The van der Waals surface area contributed by atoms with Crippen molar-refractivity contribution in [2.24, 2.45) is 0 Å². The fraction of sp³-hybridized carbons (Fsp3) is 0.818. The average Bonchev–Trinajstić information content (AvgIpc) is 2.98. The molecule has 0 bridgehead atoms. The highest BCUT2D eigenvalue weighted by atomic mass is 16.5. The van der Waals surface area contributed by atoms with Crippen LogP contribution in [0, 0.1) is 0 Å². The van der Waals surface area contributed by atoms with Crippen molar-refractivity contribution < 1.29 is 9.63 Å². The molecule has 3 heterocycles. The van der Waals surface area contributed by atoms with Crippen LogP contribution in [-0.2, 0) is 0 Å². The molecule has 0 radical (unpaired) electrons. The van der Waals surface area contributed by atoms with Crippen LogP contribution in [0.5, 0.6) is 0 Å². The first-order chi connectivity index (χ1) is 8.72. The summed E-state index contributed by atoms with van der Waals surface area (Å²) in [5, 5.41) is 16.7. The summed E-state index contributed by atoms with van der Waals surface area (Å²) < 4.78 is 5.29. The van der Waals surface area contributed by atoms with E-state index in [0.717, 1.165) is 26.2 Å². The van der Waals surface area contributed by atoms with Crippen LogP contribution >= 0.6 is 0 Å². The summed E-state index contributed by atoms with van der Waals surface area (Å²) in [4.78, 5) is 8.85. The van der Waals surface area contributed by atoms with Gasteiger partial charge in [0.05, 0.1) is 12.1 Å². The molecule has 7 nitrogen and oxygen atoms in total. The first-order valence-corrected chi connectivity index (χ1v) is 6.41. The lowest BCUT2D eigenvalue weighted by Gasteiger charge is -2.31. The second kappa shape index (κ2) is 4.83. The lowest BCUT2D eigenvalue weighted by Crippen LogP contribution is -2.44. The van der Waals surface area contributed by atoms with E-state index < -0.39 is 0 Å². The molecular weight excluding hydrogens is 234 g/mol. The van der Waals surface area contributed by atoms with E-state index in [4.69, 9.17) is 4.52 Å². The van der Waals surface area contributed by atoms with Gasteiger partial charge in [-0.2, -0.15) is 4.98 Å². The normalized spacial score (nSPS) is 30.0. The molecule has 0 unspecified atom stereocenters. The van der Waals surface area contributed by atoms with Crippen molar-refractivity contribution in [2.45, 2.75) is 18.6 Å². The fourth-order valence-corrected chi connectivity index (χ4v) is 2.41. The van der Waals surface area contributed by atoms with Crippen LogP contribution in [0.15, 0.2) is 4.52 Å². The van der Waals surface area contributed by atoms with Gasteiger partial charge in [0.1, 0.15) is 0 Å². The minimum atomic E-state index is -0.311. The summed E-state index contributed by atoms with van der Waals surface area (Å²) in [6, 6.07) is -0.00582. The monoisotopic (exact) mass is 253 g/mol. The largest absolute Gasteiger partial charge is 0.392 e. The number of piperazine rings is 1. The zero-order valence-electron chi connectivity index (χ0n) is 10.5. The van der Waals surface area contributed by atoms with E-state index in [1.165, 1.54) is 0 Å². The second-order valence-electron chi connectivity index (χ2n) is 5.07. The Morgan fingerprint density at radius 1 is 1.33 bits per heavy atom. The summed E-state index contributed by atoms with van der Waals surface area (Å²) in [7, 11) is 2.11. The molecule has 2 atom stereocenters. The number of hydrogen-bond acceptors (Lipinski definition) is 7. The third-order valence-electron chi connectivity index (χ3n) is 3.62. The van der Waals surface area contributed by atoms with E-state index in [-0.39, 0.29) is 12.1 Å². The maximum Gasteiger partial charge on any atom is 0.266 e. The Morgan fingerprint density at radius 3 is 2.78 bits per heavy atom. The quantitative estimate of drug-likeness (QED) is 0.715. The number of aromatic nitrogens is 2. The molecule has 2 saturated heterocycles. The van der Waals surface area contributed by atoms with Crippen molar-refractivity contribution in [2.75, 3.05) is 44.7 Å². The van der Waals surface area contributed by atoms with Crippen LogP contribution < -0.4 is 10.2 Å². The van der Waals surface area contributed by atoms with Gasteiger partial charge in [0.15, 0.2) is 0 Å². The Morgan fingerprint density at radius 2 is 2.11 bits per heavy atom. The predicted molar refractivity (Wildman–Crippen MR) is 65.4 cm³/mol. The van der Waals surface area contributed by atoms with E-state index in [9.17, 15) is 5.11 Å². The van der Waals surface area contributed by atoms with Gasteiger partial charge < -0.3 is 24.7 Å². The van der Waals surface area contributed by atoms with Crippen LogP contribution in [0.1, 0.15) is 18.4 Å². The molecule has 2 aliphatic rings. The van der Waals surface area contributed by atoms with Crippen LogP contribution in [0.3, 0.4) is 0 Å². The maximum absolute atomic E-state index is 9.48. The zero-order valence-corrected chi connectivity index (χ0v) is 10.5. The predicted octanol–water partition coefficient (Wildman–Crippen LogP) is -0.783. The minimum absolute atomic E-state index is 0.00582. The fourth-order valence-electron chi connectivity index (χ4n) is 2.41. The number of aliphatic hydroxyl groups is 1. The van der Waals surface area contributed by atoms with Gasteiger partial charge in [-0.3, -0.25) is 0 Å². The number of nitrogens with zero attached hydrogens (tertiary/aromatic N) is 4. The highest BCUT2D eigenvalue weighted by Crippen LogP contribution is 2.23. The third kappa shape index (κ3) is 2.33. The number of β-amino-alcohol motifs (C(OH)–C–C–N with tert-alkyl or cyclic N) is 1. The van der Waals surface area contributed by atoms with E-state index >= 15 is 0 Å². The summed E-state index contributed by atoms with van der Waals surface area (Å²) >= 11 is 0. The Balaban J connectivity index is 1.66. The SMILES string of the molecule is CN1CCN(c2noc([C@H]3C[C@H](O)CN3)n2)CC1. The summed E-state index contributed by atoms with van der Waals surface area (Å²) in [6.07, 6.45) is 0.332. The molecular formula is C11H19N5O2. The summed E-state index contributed by atoms with van der Waals surface area (Å²) in [5.41, 5.74) is 0. The Bertz CT molecular complexity index is 402. The molecule has 0 aromatic carbocycles. The number of rotatable bonds is 2. The van der Waals surface area contributed by atoms with E-state index in [1.54, 1.807) is 0 Å². The molecule has 18 heavy (non-hydrogen) atoms. The Kier molecular flexibility index (Phi) is 3.19. The van der Waals surface area contributed by atoms with Crippen LogP contribution in [0.2, 0.25) is 0 Å². The van der Waals surface area contributed by atoms with E-state index in [0.29, 0.717) is 24.8 Å². The first kappa shape index (κ1) is 11.9. The number of anilines is 1. The van der Waals surface area contributed by atoms with Gasteiger partial charge in [0, 0.05) is 32.7 Å². The lowest BCUT2D eigenvalue weighted by molar-refractivity contribution is 0.191. The standard InChI is InChI=1S/C11H19N5O2/c1-15-2-4-16(5-3-15)11-13-10(18-14-11)9-6-8(17)7-12-9/h8-9,12,17H,2-7H2,1H3/t8-,9+/m0/s1. The highest BCUT2D eigenvalue weighted by molar-refractivity contribution is 5.29. The molecule has 0 amide bonds. The van der Waals surface area contributed by atoms with Crippen LogP contribution in [0.25, 0.3) is 0 Å². The summed E-state index contributed by atoms with van der Waals surface area (Å²) in [5.74, 6) is 1.25. The smallest absolute Gasteiger partial charge is 0.266 e. The van der Waals surface area contributed by atoms with Gasteiger partial charge in [-0.15, -0.1) is 0 Å². The third-order valence-corrected chi connectivity index (χ3v) is 3.62. The van der Waals surface area contributed by atoms with Crippen molar-refractivity contribution in [1.82, 2.24) is 20.4 Å². The van der Waals surface area contributed by atoms with Gasteiger partial charge in [-0.05, 0) is 18.6 Å². The van der Waals surface area contributed by atoms with E-state index in [1.807, 2.05) is 0 Å². The lowest BCUT2D eigenvalue weighted by atomic mass is 10.2. The van der Waals surface area contributed by atoms with Crippen LogP contribution in [0.4, 0.5) is 5.95 Å². The van der Waals surface area contributed by atoms with Gasteiger partial charge in [0.25, 0.3) is 5.95 Å². The molecule has 0 spiro atoms. The van der Waals surface area contributed by atoms with Crippen molar-refractivity contribution in [3.63, 3.8) is 0 Å². The Labute approximate surface area is 106 Å². The second-order valence-corrected chi connectivity index (χ2v) is 5.07. The average molecular weight is 253 g/mol. The molecule has 1 aromatic heterocycles. The molecule has 1 aromatic rings. The number of nitrogens with one attached hydrogen (secondary N) is 1. The van der Waals surface area contributed by atoms with E-state index in [2.05, 4.69) is 32.3 Å². The highest BCUT2D eigenvalue weighted by Gasteiger charge is 2.29.